The Hall–Kier alpha value is -1.24. The van der Waals surface area contributed by atoms with Crippen LogP contribution in [-0.2, 0) is 0 Å². The first kappa shape index (κ1) is 12.8. The number of nitrogens with zero attached hydrogens (tertiary/aromatic N) is 2. The molecule has 0 saturated carbocycles. The zero-order valence-electron chi connectivity index (χ0n) is 8.35. The van der Waals surface area contributed by atoms with Crippen molar-refractivity contribution >= 4 is 23.1 Å². The maximum atomic E-state index is 12.1. The first-order valence-corrected chi connectivity index (χ1v) is 4.77. The highest BCUT2D eigenvalue weighted by Crippen LogP contribution is 2.24. The summed E-state index contributed by atoms with van der Waals surface area (Å²) in [6.45, 7) is 1.38. The molecule has 3 N–H and O–H groups in total. The Morgan fingerprint density at radius 2 is 2.19 bits per heavy atom. The van der Waals surface area contributed by atoms with Gasteiger partial charge in [-0.15, -0.1) is 0 Å². The molecule has 8 heteroatoms. The molecule has 1 heterocycles. The number of hydrogen-bond acceptors (Lipinski definition) is 4. The monoisotopic (exact) mass is 254 g/mol. The minimum Gasteiger partial charge on any atom is -0.394 e. The molecule has 0 radical (unpaired) electrons. The Kier molecular flexibility index (Phi) is 3.79. The predicted octanol–water partition coefficient (Wildman–Crippen LogP) is 2.46. The second-order valence-corrected chi connectivity index (χ2v) is 3.65. The molecule has 1 unspecified atom stereocenters. The first-order valence-electron chi connectivity index (χ1n) is 4.39. The number of nitrogens with two attached hydrogens (primary N) is 1. The van der Waals surface area contributed by atoms with E-state index < -0.39 is 18.6 Å². The van der Waals surface area contributed by atoms with Crippen LogP contribution in [0.15, 0.2) is 6.20 Å². The average molecular weight is 255 g/mol. The molecule has 0 aliphatic heterocycles. The molecule has 0 aromatic carbocycles. The lowest BCUT2D eigenvalue weighted by Gasteiger charge is -2.17. The van der Waals surface area contributed by atoms with Gasteiger partial charge in [-0.05, 0) is 18.5 Å². The summed E-state index contributed by atoms with van der Waals surface area (Å²) in [6, 6.07) is -0.840. The zero-order valence-corrected chi connectivity index (χ0v) is 9.10. The summed E-state index contributed by atoms with van der Waals surface area (Å²) in [5.41, 5.74) is 5.63. The number of nitrogens with one attached hydrogen (secondary N) is 1. The lowest BCUT2D eigenvalue weighted by Crippen LogP contribution is -2.24. The molecule has 0 fully saturated rings. The topological polar surface area (TPSA) is 63.8 Å². The molecule has 1 atom stereocenters. The minimum atomic E-state index is -4.24. The number of alkyl halides is 3. The SMILES string of the molecule is CC(CC(F)(F)F)Nc1nc(Cl)ncc1N. The van der Waals surface area contributed by atoms with Crippen LogP contribution in [0, 0.1) is 0 Å². The van der Waals surface area contributed by atoms with Gasteiger partial charge in [0.1, 0.15) is 0 Å². The molecule has 1 rings (SSSR count). The van der Waals surface area contributed by atoms with Gasteiger partial charge in [0, 0.05) is 6.04 Å². The molecule has 16 heavy (non-hydrogen) atoms. The van der Waals surface area contributed by atoms with Gasteiger partial charge in [0.15, 0.2) is 5.82 Å². The summed E-state index contributed by atoms with van der Waals surface area (Å²) in [6.07, 6.45) is -3.98. The normalized spacial score (nSPS) is 13.6. The summed E-state index contributed by atoms with van der Waals surface area (Å²) >= 11 is 5.49. The number of aromatic nitrogens is 2. The third-order valence-electron chi connectivity index (χ3n) is 1.71. The fourth-order valence-electron chi connectivity index (χ4n) is 1.12. The van der Waals surface area contributed by atoms with Crippen molar-refractivity contribution in [1.82, 2.24) is 9.97 Å². The first-order chi connectivity index (χ1) is 7.28. The van der Waals surface area contributed by atoms with E-state index in [0.717, 1.165) is 0 Å². The Labute approximate surface area is 95.0 Å². The fraction of sp³-hybridized carbons (Fsp3) is 0.500. The Balaban J connectivity index is 2.69. The van der Waals surface area contributed by atoms with Crippen LogP contribution < -0.4 is 11.1 Å². The summed E-state index contributed by atoms with van der Waals surface area (Å²) in [5, 5.41) is 2.45. The Morgan fingerprint density at radius 1 is 1.56 bits per heavy atom. The largest absolute Gasteiger partial charge is 0.394 e. The van der Waals surface area contributed by atoms with Gasteiger partial charge in [-0.25, -0.2) is 4.98 Å². The van der Waals surface area contributed by atoms with E-state index in [-0.39, 0.29) is 16.8 Å². The molecule has 4 nitrogen and oxygen atoms in total. The molecular formula is C8H10ClF3N4. The molecule has 1 aromatic heterocycles. The van der Waals surface area contributed by atoms with E-state index in [0.29, 0.717) is 0 Å². The van der Waals surface area contributed by atoms with Crippen LogP contribution in [0.2, 0.25) is 5.28 Å². The van der Waals surface area contributed by atoms with Crippen molar-refractivity contribution in [2.75, 3.05) is 11.1 Å². The summed E-state index contributed by atoms with van der Waals surface area (Å²) in [5.74, 6) is 0.108. The highest BCUT2D eigenvalue weighted by atomic mass is 35.5. The summed E-state index contributed by atoms with van der Waals surface area (Å²) < 4.78 is 36.2. The molecule has 0 bridgehead atoms. The smallest absolute Gasteiger partial charge is 0.391 e. The highest BCUT2D eigenvalue weighted by Gasteiger charge is 2.30. The fourth-order valence-corrected chi connectivity index (χ4v) is 1.25. The van der Waals surface area contributed by atoms with Crippen LogP contribution >= 0.6 is 11.6 Å². The van der Waals surface area contributed by atoms with Crippen molar-refractivity contribution < 1.29 is 13.2 Å². The highest BCUT2D eigenvalue weighted by molar-refractivity contribution is 6.28. The Bertz CT molecular complexity index is 369. The van der Waals surface area contributed by atoms with Crippen LogP contribution in [0.5, 0.6) is 0 Å². The van der Waals surface area contributed by atoms with Gasteiger partial charge >= 0.3 is 6.18 Å². The van der Waals surface area contributed by atoms with Crippen LogP contribution in [0.25, 0.3) is 0 Å². The summed E-state index contributed by atoms with van der Waals surface area (Å²) in [4.78, 5) is 7.28. The average Bonchev–Trinajstić information content (AvgIpc) is 2.08. The molecule has 0 aliphatic rings. The third kappa shape index (κ3) is 4.09. The number of anilines is 2. The van der Waals surface area contributed by atoms with Crippen molar-refractivity contribution in [3.8, 4) is 0 Å². The van der Waals surface area contributed by atoms with Crippen molar-refractivity contribution in [2.45, 2.75) is 25.6 Å². The number of halogens is 4. The molecule has 90 valence electrons. The molecule has 0 saturated heterocycles. The number of hydrogen-bond donors (Lipinski definition) is 2. The lowest BCUT2D eigenvalue weighted by molar-refractivity contribution is -0.136. The number of rotatable bonds is 3. The van der Waals surface area contributed by atoms with Gasteiger partial charge in [-0.1, -0.05) is 0 Å². The second-order valence-electron chi connectivity index (χ2n) is 3.31. The standard InChI is InChI=1S/C8H10ClF3N4/c1-4(2-8(10,11)12)15-6-5(13)3-14-7(9)16-6/h3-4H,2,13H2,1H3,(H,14,15,16). The zero-order chi connectivity index (χ0) is 12.3. The van der Waals surface area contributed by atoms with Gasteiger partial charge in [0.05, 0.1) is 18.3 Å². The van der Waals surface area contributed by atoms with E-state index in [1.54, 1.807) is 0 Å². The van der Waals surface area contributed by atoms with Crippen molar-refractivity contribution in [3.63, 3.8) is 0 Å². The molecular weight excluding hydrogens is 245 g/mol. The van der Waals surface area contributed by atoms with Gasteiger partial charge in [-0.3, -0.25) is 0 Å². The predicted molar refractivity (Wildman–Crippen MR) is 55.2 cm³/mol. The summed E-state index contributed by atoms with van der Waals surface area (Å²) in [7, 11) is 0. The van der Waals surface area contributed by atoms with Crippen LogP contribution in [0.3, 0.4) is 0 Å². The van der Waals surface area contributed by atoms with Crippen molar-refractivity contribution in [1.29, 1.82) is 0 Å². The lowest BCUT2D eigenvalue weighted by atomic mass is 10.2. The van der Waals surface area contributed by atoms with E-state index >= 15 is 0 Å². The molecule has 1 aromatic rings. The second kappa shape index (κ2) is 4.73. The maximum Gasteiger partial charge on any atom is 0.391 e. The van der Waals surface area contributed by atoms with Gasteiger partial charge in [-0.2, -0.15) is 18.2 Å². The Morgan fingerprint density at radius 3 is 2.75 bits per heavy atom. The van der Waals surface area contributed by atoms with Gasteiger partial charge < -0.3 is 11.1 Å². The van der Waals surface area contributed by atoms with Crippen LogP contribution in [-0.4, -0.2) is 22.2 Å². The minimum absolute atomic E-state index is 0.0732. The molecule has 0 spiro atoms. The van der Waals surface area contributed by atoms with E-state index in [1.165, 1.54) is 13.1 Å². The number of nitrogen functional groups attached to an aromatic ring is 1. The molecule has 0 aliphatic carbocycles. The van der Waals surface area contributed by atoms with Crippen molar-refractivity contribution in [3.05, 3.63) is 11.5 Å². The van der Waals surface area contributed by atoms with E-state index in [2.05, 4.69) is 15.3 Å². The van der Waals surface area contributed by atoms with Gasteiger partial charge in [0.25, 0.3) is 0 Å². The molecule has 0 amide bonds. The van der Waals surface area contributed by atoms with Crippen molar-refractivity contribution in [2.24, 2.45) is 0 Å². The van der Waals surface area contributed by atoms with Gasteiger partial charge in [0.2, 0.25) is 5.28 Å². The van der Waals surface area contributed by atoms with E-state index in [1.807, 2.05) is 0 Å². The van der Waals surface area contributed by atoms with Crippen LogP contribution in [0.1, 0.15) is 13.3 Å². The van der Waals surface area contributed by atoms with E-state index in [4.69, 9.17) is 17.3 Å². The van der Waals surface area contributed by atoms with E-state index in [9.17, 15) is 13.2 Å². The van der Waals surface area contributed by atoms with Crippen LogP contribution in [0.4, 0.5) is 24.7 Å². The maximum absolute atomic E-state index is 12.1. The third-order valence-corrected chi connectivity index (χ3v) is 1.89. The quantitative estimate of drug-likeness (QED) is 0.814.